The zero-order valence-corrected chi connectivity index (χ0v) is 14.1. The van der Waals surface area contributed by atoms with Crippen LogP contribution in [0.1, 0.15) is 24.4 Å². The number of para-hydroxylation sites is 2. The van der Waals surface area contributed by atoms with Crippen LogP contribution >= 0.6 is 27.5 Å². The molecule has 0 aliphatic heterocycles. The van der Waals surface area contributed by atoms with E-state index in [0.717, 1.165) is 27.8 Å². The first kappa shape index (κ1) is 14.6. The normalized spacial score (nSPS) is 12.7. The van der Waals surface area contributed by atoms with Crippen LogP contribution in [0, 0.1) is 0 Å². The number of aromatic nitrogens is 2. The summed E-state index contributed by atoms with van der Waals surface area (Å²) in [5, 5.41) is 0. The van der Waals surface area contributed by atoms with Gasteiger partial charge in [-0.15, -0.1) is 11.6 Å². The van der Waals surface area contributed by atoms with Gasteiger partial charge in [-0.1, -0.05) is 40.2 Å². The number of hydrogen-bond donors (Lipinski definition) is 0. The Morgan fingerprint density at radius 2 is 1.86 bits per heavy atom. The summed E-state index contributed by atoms with van der Waals surface area (Å²) in [4.78, 5) is 4.74. The zero-order valence-electron chi connectivity index (χ0n) is 11.8. The topological polar surface area (TPSA) is 17.8 Å². The number of benzene rings is 2. The Hall–Kier alpha value is -1.32. The first-order valence-corrected chi connectivity index (χ1v) is 8.30. The lowest BCUT2D eigenvalue weighted by Crippen LogP contribution is -2.11. The highest BCUT2D eigenvalue weighted by Crippen LogP contribution is 2.27. The Morgan fingerprint density at radius 3 is 2.57 bits per heavy atom. The lowest BCUT2D eigenvalue weighted by Gasteiger charge is -2.18. The summed E-state index contributed by atoms with van der Waals surface area (Å²) in [6.07, 6.45) is 0.775. The standard InChI is InChI=1S/C17H16BrClN2/c1-12(13-6-8-14(18)9-7-13)21-16-5-3-2-4-15(16)20-17(21)10-11-19/h2-9,12H,10-11H2,1H3. The smallest absolute Gasteiger partial charge is 0.111 e. The molecular formula is C17H16BrClN2. The fraction of sp³-hybridized carbons (Fsp3) is 0.235. The van der Waals surface area contributed by atoms with Crippen LogP contribution in [-0.4, -0.2) is 15.4 Å². The molecule has 1 atom stereocenters. The van der Waals surface area contributed by atoms with E-state index in [9.17, 15) is 0 Å². The maximum atomic E-state index is 5.95. The Balaban J connectivity index is 2.13. The van der Waals surface area contributed by atoms with Crippen LogP contribution in [0.2, 0.25) is 0 Å². The summed E-state index contributed by atoms with van der Waals surface area (Å²) in [6, 6.07) is 16.9. The van der Waals surface area contributed by atoms with Gasteiger partial charge in [0.05, 0.1) is 17.1 Å². The van der Waals surface area contributed by atoms with E-state index >= 15 is 0 Å². The third kappa shape index (κ3) is 2.85. The quantitative estimate of drug-likeness (QED) is 0.583. The van der Waals surface area contributed by atoms with Crippen molar-refractivity contribution in [3.05, 3.63) is 64.4 Å². The van der Waals surface area contributed by atoms with Crippen LogP contribution in [0.15, 0.2) is 53.0 Å². The van der Waals surface area contributed by atoms with E-state index in [-0.39, 0.29) is 6.04 Å². The SMILES string of the molecule is CC(c1ccc(Br)cc1)n1c(CCCl)nc2ccccc21. The Bertz CT molecular complexity index is 749. The monoisotopic (exact) mass is 362 g/mol. The molecule has 0 amide bonds. The number of rotatable bonds is 4. The fourth-order valence-corrected chi connectivity index (χ4v) is 3.11. The molecule has 0 N–H and O–H groups in total. The van der Waals surface area contributed by atoms with Crippen LogP contribution in [0.3, 0.4) is 0 Å². The van der Waals surface area contributed by atoms with Crippen molar-refractivity contribution in [2.75, 3.05) is 5.88 Å². The third-order valence-corrected chi connectivity index (χ3v) is 4.44. The number of fused-ring (bicyclic) bond motifs is 1. The molecule has 2 aromatic carbocycles. The molecule has 0 aliphatic rings. The van der Waals surface area contributed by atoms with Crippen molar-refractivity contribution in [1.29, 1.82) is 0 Å². The molecule has 0 fully saturated rings. The largest absolute Gasteiger partial charge is 0.321 e. The molecule has 1 heterocycles. The fourth-order valence-electron chi connectivity index (χ4n) is 2.68. The molecule has 3 aromatic rings. The molecular weight excluding hydrogens is 348 g/mol. The summed E-state index contributed by atoms with van der Waals surface area (Å²) >= 11 is 9.43. The van der Waals surface area contributed by atoms with Gasteiger partial charge in [0, 0.05) is 16.8 Å². The second-order valence-corrected chi connectivity index (χ2v) is 6.35. The highest BCUT2D eigenvalue weighted by molar-refractivity contribution is 9.10. The molecule has 21 heavy (non-hydrogen) atoms. The van der Waals surface area contributed by atoms with Crippen molar-refractivity contribution in [2.24, 2.45) is 0 Å². The molecule has 0 radical (unpaired) electrons. The average Bonchev–Trinajstić information content (AvgIpc) is 2.85. The Kier molecular flexibility index (Phi) is 4.32. The minimum Gasteiger partial charge on any atom is -0.321 e. The number of nitrogens with zero attached hydrogens (tertiary/aromatic N) is 2. The van der Waals surface area contributed by atoms with Gasteiger partial charge in [-0.2, -0.15) is 0 Å². The van der Waals surface area contributed by atoms with E-state index in [1.807, 2.05) is 6.07 Å². The van der Waals surface area contributed by atoms with Crippen molar-refractivity contribution >= 4 is 38.6 Å². The first-order valence-electron chi connectivity index (χ1n) is 6.98. The van der Waals surface area contributed by atoms with Crippen molar-refractivity contribution in [3.63, 3.8) is 0 Å². The summed E-state index contributed by atoms with van der Waals surface area (Å²) in [6.45, 7) is 2.20. The Morgan fingerprint density at radius 1 is 1.14 bits per heavy atom. The maximum Gasteiger partial charge on any atom is 0.111 e. The molecule has 108 valence electrons. The number of imidazole rings is 1. The van der Waals surface area contributed by atoms with Gasteiger partial charge in [-0.25, -0.2) is 4.98 Å². The summed E-state index contributed by atoms with van der Waals surface area (Å²) in [5.74, 6) is 1.62. The predicted molar refractivity (Wildman–Crippen MR) is 92.1 cm³/mol. The van der Waals surface area contributed by atoms with Gasteiger partial charge in [0.15, 0.2) is 0 Å². The first-order chi connectivity index (χ1) is 10.2. The highest BCUT2D eigenvalue weighted by Gasteiger charge is 2.16. The molecule has 0 bridgehead atoms. The van der Waals surface area contributed by atoms with E-state index in [2.05, 4.69) is 69.9 Å². The average molecular weight is 364 g/mol. The van der Waals surface area contributed by atoms with Crippen LogP contribution < -0.4 is 0 Å². The van der Waals surface area contributed by atoms with E-state index in [0.29, 0.717) is 5.88 Å². The van der Waals surface area contributed by atoms with Crippen molar-refractivity contribution < 1.29 is 0 Å². The second-order valence-electron chi connectivity index (χ2n) is 5.05. The highest BCUT2D eigenvalue weighted by atomic mass is 79.9. The Labute approximate surface area is 137 Å². The van der Waals surface area contributed by atoms with E-state index in [1.165, 1.54) is 5.56 Å². The zero-order chi connectivity index (χ0) is 14.8. The molecule has 1 unspecified atom stereocenters. The number of alkyl halides is 1. The predicted octanol–water partition coefficient (Wildman–Crippen LogP) is 5.19. The van der Waals surface area contributed by atoms with Crippen LogP contribution in [0.25, 0.3) is 11.0 Å². The van der Waals surface area contributed by atoms with Gasteiger partial charge >= 0.3 is 0 Å². The van der Waals surface area contributed by atoms with E-state index in [4.69, 9.17) is 16.6 Å². The van der Waals surface area contributed by atoms with Gasteiger partial charge in [0.2, 0.25) is 0 Å². The minimum atomic E-state index is 0.226. The van der Waals surface area contributed by atoms with E-state index in [1.54, 1.807) is 0 Å². The summed E-state index contributed by atoms with van der Waals surface area (Å²) in [7, 11) is 0. The number of halogens is 2. The molecule has 0 spiro atoms. The summed E-state index contributed by atoms with van der Waals surface area (Å²) in [5.41, 5.74) is 3.45. The van der Waals surface area contributed by atoms with Gasteiger partial charge in [0.1, 0.15) is 5.82 Å². The molecule has 0 saturated carbocycles. The van der Waals surface area contributed by atoms with Gasteiger partial charge < -0.3 is 4.57 Å². The van der Waals surface area contributed by atoms with Crippen molar-refractivity contribution in [1.82, 2.24) is 9.55 Å². The van der Waals surface area contributed by atoms with Crippen LogP contribution in [0.5, 0.6) is 0 Å². The minimum absolute atomic E-state index is 0.226. The van der Waals surface area contributed by atoms with Crippen LogP contribution in [-0.2, 0) is 6.42 Å². The lowest BCUT2D eigenvalue weighted by atomic mass is 10.1. The lowest BCUT2D eigenvalue weighted by molar-refractivity contribution is 0.623. The van der Waals surface area contributed by atoms with Crippen LogP contribution in [0.4, 0.5) is 0 Å². The van der Waals surface area contributed by atoms with Crippen molar-refractivity contribution in [3.8, 4) is 0 Å². The maximum absolute atomic E-state index is 5.95. The van der Waals surface area contributed by atoms with E-state index < -0.39 is 0 Å². The number of hydrogen-bond acceptors (Lipinski definition) is 1. The summed E-state index contributed by atoms with van der Waals surface area (Å²) < 4.78 is 3.39. The van der Waals surface area contributed by atoms with Gasteiger partial charge in [-0.05, 0) is 36.8 Å². The van der Waals surface area contributed by atoms with Gasteiger partial charge in [0.25, 0.3) is 0 Å². The number of aryl methyl sites for hydroxylation is 1. The molecule has 1 aromatic heterocycles. The molecule has 0 saturated heterocycles. The molecule has 2 nitrogen and oxygen atoms in total. The third-order valence-electron chi connectivity index (χ3n) is 3.73. The molecule has 0 aliphatic carbocycles. The van der Waals surface area contributed by atoms with Gasteiger partial charge in [-0.3, -0.25) is 0 Å². The molecule has 4 heteroatoms. The molecule has 3 rings (SSSR count). The van der Waals surface area contributed by atoms with Crippen molar-refractivity contribution in [2.45, 2.75) is 19.4 Å². The second kappa shape index (κ2) is 6.20.